The molecule has 4 nitrogen and oxygen atoms in total. The fourth-order valence-electron chi connectivity index (χ4n) is 4.06. The van der Waals surface area contributed by atoms with Gasteiger partial charge in [0.25, 0.3) is 0 Å². The molecule has 2 aromatic carbocycles. The molecule has 3 rings (SSSR count). The van der Waals surface area contributed by atoms with Crippen LogP contribution in [0.15, 0.2) is 35.2 Å². The molecule has 3 atom stereocenters. The van der Waals surface area contributed by atoms with E-state index in [0.717, 1.165) is 33.0 Å². The fourth-order valence-corrected chi connectivity index (χ4v) is 6.25. The van der Waals surface area contributed by atoms with Crippen molar-refractivity contribution in [3.8, 4) is 0 Å². The minimum absolute atomic E-state index is 0.141. The molecular formula is C23H28ClFN2O2S. The van der Waals surface area contributed by atoms with E-state index in [2.05, 4.69) is 15.5 Å². The summed E-state index contributed by atoms with van der Waals surface area (Å²) in [5.74, 6) is 3.98. The van der Waals surface area contributed by atoms with E-state index < -0.39 is 16.8 Å². The molecule has 0 spiro atoms. The monoisotopic (exact) mass is 450 g/mol. The number of nitrogens with zero attached hydrogens (tertiary/aromatic N) is 1. The van der Waals surface area contributed by atoms with Crippen molar-refractivity contribution in [3.05, 3.63) is 63.4 Å². The molecule has 1 aliphatic rings. The van der Waals surface area contributed by atoms with E-state index in [1.807, 2.05) is 39.0 Å². The standard InChI is InChI=1S/C23H28ClFN2O2S/c1-14-9-10-19(25)22(15(14)2)16(3)20(13-29-23(28)26-4)27-12-11-17-18(24)7-6-8-21(17)30(27)5/h6-10,16,20H,5,11-13H2,1-4H3,(H,26,28). The highest BCUT2D eigenvalue weighted by atomic mass is 35.5. The number of amides is 1. The first-order valence-electron chi connectivity index (χ1n) is 9.94. The second kappa shape index (κ2) is 9.50. The summed E-state index contributed by atoms with van der Waals surface area (Å²) in [6.07, 6.45) is 0.269. The number of nitrogens with one attached hydrogen (secondary N) is 1. The van der Waals surface area contributed by atoms with Crippen molar-refractivity contribution in [3.63, 3.8) is 0 Å². The number of fused-ring (bicyclic) bond motifs is 1. The maximum atomic E-state index is 14.9. The van der Waals surface area contributed by atoms with Gasteiger partial charge in [0.1, 0.15) is 12.4 Å². The molecule has 3 unspecified atom stereocenters. The number of aryl methyl sites for hydroxylation is 1. The average molecular weight is 451 g/mol. The highest BCUT2D eigenvalue weighted by Crippen LogP contribution is 2.43. The Morgan fingerprint density at radius 3 is 2.80 bits per heavy atom. The van der Waals surface area contributed by atoms with Crippen LogP contribution in [-0.2, 0) is 11.2 Å². The highest BCUT2D eigenvalue weighted by molar-refractivity contribution is 8.12. The highest BCUT2D eigenvalue weighted by Gasteiger charge is 2.34. The minimum Gasteiger partial charge on any atom is -0.448 e. The van der Waals surface area contributed by atoms with E-state index >= 15 is 0 Å². The molecule has 0 fully saturated rings. The smallest absolute Gasteiger partial charge is 0.406 e. The normalized spacial score (nSPS) is 18.4. The summed E-state index contributed by atoms with van der Waals surface area (Å²) in [6, 6.07) is 8.95. The van der Waals surface area contributed by atoms with Crippen molar-refractivity contribution in [2.45, 2.75) is 44.0 Å². The molecule has 30 heavy (non-hydrogen) atoms. The molecular weight excluding hydrogens is 423 g/mol. The van der Waals surface area contributed by atoms with Crippen molar-refractivity contribution in [2.24, 2.45) is 0 Å². The van der Waals surface area contributed by atoms with E-state index in [1.54, 1.807) is 6.07 Å². The third-order valence-corrected chi connectivity index (χ3v) is 8.18. The Balaban J connectivity index is 2.00. The Hall–Kier alpha value is -1.89. The molecule has 0 aromatic heterocycles. The van der Waals surface area contributed by atoms with E-state index in [4.69, 9.17) is 16.3 Å². The minimum atomic E-state index is -0.508. The first-order valence-corrected chi connectivity index (χ1v) is 11.7. The predicted molar refractivity (Wildman–Crippen MR) is 123 cm³/mol. The largest absolute Gasteiger partial charge is 0.448 e. The van der Waals surface area contributed by atoms with Gasteiger partial charge in [0.15, 0.2) is 0 Å². The number of halogens is 2. The molecule has 1 N–H and O–H groups in total. The summed E-state index contributed by atoms with van der Waals surface area (Å²) in [4.78, 5) is 12.9. The van der Waals surface area contributed by atoms with Gasteiger partial charge in [0, 0.05) is 29.4 Å². The van der Waals surface area contributed by atoms with Crippen LogP contribution in [0.25, 0.3) is 0 Å². The van der Waals surface area contributed by atoms with Gasteiger partial charge >= 0.3 is 6.09 Å². The number of carbonyl (C=O) groups excluding carboxylic acids is 1. The average Bonchev–Trinajstić information content (AvgIpc) is 2.73. The van der Waals surface area contributed by atoms with Gasteiger partial charge in [0.2, 0.25) is 0 Å². The van der Waals surface area contributed by atoms with Crippen molar-refractivity contribution >= 4 is 34.2 Å². The first kappa shape index (κ1) is 22.8. The zero-order valence-corrected chi connectivity index (χ0v) is 19.4. The zero-order chi connectivity index (χ0) is 22.0. The fraction of sp³-hybridized carbons (Fsp3) is 0.391. The number of carbonyl (C=O) groups is 1. The first-order chi connectivity index (χ1) is 14.3. The number of alkyl carbamates (subject to hydrolysis) is 1. The predicted octanol–water partition coefficient (Wildman–Crippen LogP) is 5.46. The van der Waals surface area contributed by atoms with Gasteiger partial charge in [-0.05, 0) is 60.7 Å². The van der Waals surface area contributed by atoms with Crippen molar-refractivity contribution < 1.29 is 13.9 Å². The van der Waals surface area contributed by atoms with E-state index in [1.165, 1.54) is 13.1 Å². The van der Waals surface area contributed by atoms with Crippen molar-refractivity contribution in [1.82, 2.24) is 9.62 Å². The number of hydrogen-bond donors (Lipinski definition) is 1. The number of rotatable bonds is 5. The summed E-state index contributed by atoms with van der Waals surface area (Å²) < 4.78 is 22.6. The van der Waals surface area contributed by atoms with E-state index in [9.17, 15) is 9.18 Å². The van der Waals surface area contributed by atoms with Crippen LogP contribution < -0.4 is 5.32 Å². The molecule has 0 aliphatic carbocycles. The lowest BCUT2D eigenvalue weighted by molar-refractivity contribution is 0.114. The van der Waals surface area contributed by atoms with Crippen LogP contribution in [0.5, 0.6) is 0 Å². The zero-order valence-electron chi connectivity index (χ0n) is 17.8. The van der Waals surface area contributed by atoms with Crippen LogP contribution in [0.4, 0.5) is 9.18 Å². The molecule has 0 saturated carbocycles. The topological polar surface area (TPSA) is 41.6 Å². The van der Waals surface area contributed by atoms with Crippen LogP contribution in [-0.4, -0.2) is 42.5 Å². The molecule has 1 aliphatic heterocycles. The van der Waals surface area contributed by atoms with Gasteiger partial charge in [0.05, 0.1) is 6.04 Å². The quantitative estimate of drug-likeness (QED) is 0.615. The lowest BCUT2D eigenvalue weighted by Gasteiger charge is -2.40. The van der Waals surface area contributed by atoms with Gasteiger partial charge in [-0.15, -0.1) is 0 Å². The molecule has 0 saturated heterocycles. The van der Waals surface area contributed by atoms with Crippen LogP contribution in [0.3, 0.4) is 0 Å². The van der Waals surface area contributed by atoms with Crippen LogP contribution in [0, 0.1) is 19.7 Å². The number of hydrogen-bond acceptors (Lipinski definition) is 3. The van der Waals surface area contributed by atoms with Crippen molar-refractivity contribution in [1.29, 1.82) is 0 Å². The second-order valence-corrected chi connectivity index (χ2v) is 9.62. The number of ether oxygens (including phenoxy) is 1. The maximum absolute atomic E-state index is 14.9. The van der Waals surface area contributed by atoms with Crippen molar-refractivity contribution in [2.75, 3.05) is 20.2 Å². The number of benzene rings is 2. The molecule has 7 heteroatoms. The summed E-state index contributed by atoms with van der Waals surface area (Å²) >= 11 is 6.40. The molecule has 0 bridgehead atoms. The summed E-state index contributed by atoms with van der Waals surface area (Å²) in [5.41, 5.74) is 3.74. The van der Waals surface area contributed by atoms with Gasteiger partial charge in [-0.25, -0.2) is 13.5 Å². The van der Waals surface area contributed by atoms with Crippen LogP contribution in [0.2, 0.25) is 5.02 Å². The van der Waals surface area contributed by atoms with Gasteiger partial charge in [-0.2, -0.15) is 0 Å². The Labute approximate surface area is 185 Å². The van der Waals surface area contributed by atoms with Gasteiger partial charge in [-0.3, -0.25) is 0 Å². The Kier molecular flexibility index (Phi) is 7.22. The molecule has 1 amide bonds. The SMILES string of the molecule is C=S1c2cccc(Cl)c2CCN1C(COC(=O)NC)C(C)c1c(F)ccc(C)c1C. The Morgan fingerprint density at radius 1 is 1.37 bits per heavy atom. The van der Waals surface area contributed by atoms with Gasteiger partial charge in [-0.1, -0.05) is 47.2 Å². The Bertz CT molecular complexity index is 982. The van der Waals surface area contributed by atoms with Crippen LogP contribution in [0.1, 0.15) is 35.1 Å². The third kappa shape index (κ3) is 4.41. The second-order valence-electron chi connectivity index (χ2n) is 7.58. The summed E-state index contributed by atoms with van der Waals surface area (Å²) in [5, 5.41) is 3.23. The molecule has 1 heterocycles. The van der Waals surface area contributed by atoms with Gasteiger partial charge < -0.3 is 10.1 Å². The molecule has 0 radical (unpaired) electrons. The summed E-state index contributed by atoms with van der Waals surface area (Å²) in [7, 11) is 1.02. The third-order valence-electron chi connectivity index (χ3n) is 5.92. The maximum Gasteiger partial charge on any atom is 0.406 e. The molecule has 162 valence electrons. The lowest BCUT2D eigenvalue weighted by atomic mass is 9.88. The van der Waals surface area contributed by atoms with E-state index in [0.29, 0.717) is 12.1 Å². The summed E-state index contributed by atoms with van der Waals surface area (Å²) in [6.45, 7) is 6.76. The lowest BCUT2D eigenvalue weighted by Crippen LogP contribution is -2.43. The Morgan fingerprint density at radius 2 is 2.10 bits per heavy atom. The van der Waals surface area contributed by atoms with E-state index in [-0.39, 0.29) is 24.4 Å². The molecule has 2 aromatic rings. The van der Waals surface area contributed by atoms with Crippen LogP contribution >= 0.6 is 22.3 Å².